The van der Waals surface area contributed by atoms with Crippen LogP contribution in [0, 0.1) is 0 Å². The van der Waals surface area contributed by atoms with Crippen molar-refractivity contribution >= 4 is 13.2 Å². The fourth-order valence-electron chi connectivity index (χ4n) is 2.28. The molecule has 1 nitrogen and oxygen atoms in total. The average Bonchev–Trinajstić information content (AvgIpc) is 2.71. The lowest BCUT2D eigenvalue weighted by molar-refractivity contribution is 0.351. The van der Waals surface area contributed by atoms with Crippen molar-refractivity contribution in [2.45, 2.75) is 24.8 Å². The molecule has 2 heterocycles. The molecular formula is C11H13OP. The van der Waals surface area contributed by atoms with Crippen molar-refractivity contribution < 1.29 is 4.74 Å². The summed E-state index contributed by atoms with van der Waals surface area (Å²) in [6.45, 7) is 2.28. The van der Waals surface area contributed by atoms with Crippen molar-refractivity contribution in [1.29, 1.82) is 0 Å². The predicted molar refractivity (Wildman–Crippen MR) is 55.8 cm³/mol. The maximum Gasteiger partial charge on any atom is 0.115 e. The Hall–Kier alpha value is -0.390. The zero-order valence-corrected chi connectivity index (χ0v) is 8.63. The van der Waals surface area contributed by atoms with Crippen LogP contribution < -0.4 is 5.30 Å². The minimum Gasteiger partial charge on any atom is -0.361 e. The SMILES string of the molecule is CC12OC1CCP2c1ccccc1. The molecule has 2 saturated heterocycles. The first-order chi connectivity index (χ1) is 6.31. The molecule has 0 radical (unpaired) electrons. The highest BCUT2D eigenvalue weighted by molar-refractivity contribution is 7.67. The van der Waals surface area contributed by atoms with E-state index < -0.39 is 0 Å². The number of hydrogen-bond acceptors (Lipinski definition) is 1. The third-order valence-electron chi connectivity index (χ3n) is 3.14. The van der Waals surface area contributed by atoms with Crippen molar-refractivity contribution in [1.82, 2.24) is 0 Å². The van der Waals surface area contributed by atoms with E-state index in [2.05, 4.69) is 37.3 Å². The van der Waals surface area contributed by atoms with Gasteiger partial charge in [0.15, 0.2) is 0 Å². The monoisotopic (exact) mass is 192 g/mol. The molecule has 0 saturated carbocycles. The van der Waals surface area contributed by atoms with E-state index in [4.69, 9.17) is 4.74 Å². The molecule has 0 aromatic heterocycles. The second kappa shape index (κ2) is 2.56. The number of ether oxygens (including phenoxy) is 1. The third-order valence-corrected chi connectivity index (χ3v) is 6.23. The van der Waals surface area contributed by atoms with Gasteiger partial charge in [0.2, 0.25) is 0 Å². The van der Waals surface area contributed by atoms with Gasteiger partial charge in [-0.15, -0.1) is 0 Å². The third kappa shape index (κ3) is 1.07. The Morgan fingerprint density at radius 1 is 1.38 bits per heavy atom. The summed E-state index contributed by atoms with van der Waals surface area (Å²) in [5.41, 5.74) is 0. The lowest BCUT2D eigenvalue weighted by Gasteiger charge is -2.17. The maximum atomic E-state index is 5.74. The van der Waals surface area contributed by atoms with Crippen LogP contribution in [-0.4, -0.2) is 17.6 Å². The van der Waals surface area contributed by atoms with E-state index in [-0.39, 0.29) is 13.3 Å². The molecule has 0 N–H and O–H groups in total. The molecule has 3 unspecified atom stereocenters. The smallest absolute Gasteiger partial charge is 0.115 e. The van der Waals surface area contributed by atoms with Gasteiger partial charge in [-0.25, -0.2) is 0 Å². The van der Waals surface area contributed by atoms with Crippen molar-refractivity contribution in [2.75, 3.05) is 6.16 Å². The Kier molecular flexibility index (Phi) is 1.57. The van der Waals surface area contributed by atoms with Crippen LogP contribution in [0.5, 0.6) is 0 Å². The van der Waals surface area contributed by atoms with Gasteiger partial charge in [0, 0.05) is 0 Å². The molecule has 1 aromatic carbocycles. The summed E-state index contributed by atoms with van der Waals surface area (Å²) in [6, 6.07) is 10.9. The van der Waals surface area contributed by atoms with E-state index in [1.807, 2.05) is 0 Å². The van der Waals surface area contributed by atoms with Gasteiger partial charge in [0.1, 0.15) is 5.34 Å². The topological polar surface area (TPSA) is 12.5 Å². The number of fused-ring (bicyclic) bond motifs is 1. The van der Waals surface area contributed by atoms with Crippen LogP contribution in [0.4, 0.5) is 0 Å². The molecular weight excluding hydrogens is 179 g/mol. The Morgan fingerprint density at radius 2 is 2.15 bits per heavy atom. The lowest BCUT2D eigenvalue weighted by atomic mass is 10.3. The number of epoxide rings is 1. The quantitative estimate of drug-likeness (QED) is 0.491. The average molecular weight is 192 g/mol. The molecule has 2 fully saturated rings. The highest BCUT2D eigenvalue weighted by Crippen LogP contribution is 2.68. The first-order valence-electron chi connectivity index (χ1n) is 4.81. The second-order valence-electron chi connectivity index (χ2n) is 3.94. The molecule has 68 valence electrons. The van der Waals surface area contributed by atoms with Gasteiger partial charge in [0.25, 0.3) is 0 Å². The summed E-state index contributed by atoms with van der Waals surface area (Å²) in [5, 5.41) is 1.76. The maximum absolute atomic E-state index is 5.74. The first kappa shape index (κ1) is 7.96. The minimum atomic E-state index is -0.0316. The van der Waals surface area contributed by atoms with Crippen molar-refractivity contribution in [3.63, 3.8) is 0 Å². The largest absolute Gasteiger partial charge is 0.361 e. The van der Waals surface area contributed by atoms with Crippen LogP contribution in [0.1, 0.15) is 13.3 Å². The van der Waals surface area contributed by atoms with Gasteiger partial charge in [0.05, 0.1) is 6.10 Å². The summed E-state index contributed by atoms with van der Waals surface area (Å²) < 4.78 is 5.74. The van der Waals surface area contributed by atoms with E-state index in [9.17, 15) is 0 Å². The molecule has 0 amide bonds. The van der Waals surface area contributed by atoms with Crippen LogP contribution in [0.15, 0.2) is 30.3 Å². The van der Waals surface area contributed by atoms with Gasteiger partial charge >= 0.3 is 0 Å². The summed E-state index contributed by atoms with van der Waals surface area (Å²) in [6.07, 6.45) is 3.22. The standard InChI is InChI=1S/C11H13OP/c1-11-10(12-11)7-8-13(11)9-5-3-2-4-6-9/h2-6,10H,7-8H2,1H3. The summed E-state index contributed by atoms with van der Waals surface area (Å²) in [5.74, 6) is 0. The van der Waals surface area contributed by atoms with Crippen LogP contribution in [0.25, 0.3) is 0 Å². The molecule has 3 rings (SSSR count). The zero-order chi connectivity index (χ0) is 8.89. The van der Waals surface area contributed by atoms with E-state index in [1.54, 1.807) is 0 Å². The Balaban J connectivity index is 1.94. The van der Waals surface area contributed by atoms with Gasteiger partial charge in [-0.05, 0) is 32.7 Å². The summed E-state index contributed by atoms with van der Waals surface area (Å²) in [4.78, 5) is 0. The lowest BCUT2D eigenvalue weighted by Crippen LogP contribution is -2.11. The van der Waals surface area contributed by atoms with Crippen molar-refractivity contribution in [2.24, 2.45) is 0 Å². The summed E-state index contributed by atoms with van der Waals surface area (Å²) in [7, 11) is -0.0316. The van der Waals surface area contributed by atoms with Crippen LogP contribution in [0.2, 0.25) is 0 Å². The van der Waals surface area contributed by atoms with E-state index in [1.165, 1.54) is 17.9 Å². The molecule has 2 aliphatic rings. The fraction of sp³-hybridized carbons (Fsp3) is 0.455. The van der Waals surface area contributed by atoms with Gasteiger partial charge < -0.3 is 4.74 Å². The van der Waals surface area contributed by atoms with Crippen molar-refractivity contribution in [3.05, 3.63) is 30.3 Å². The molecule has 2 aliphatic heterocycles. The minimum absolute atomic E-state index is 0.0316. The fourth-order valence-corrected chi connectivity index (χ4v) is 5.25. The van der Waals surface area contributed by atoms with Crippen molar-refractivity contribution in [3.8, 4) is 0 Å². The van der Waals surface area contributed by atoms with Crippen LogP contribution >= 0.6 is 7.92 Å². The number of hydrogen-bond donors (Lipinski definition) is 0. The highest BCUT2D eigenvalue weighted by atomic mass is 31.1. The van der Waals surface area contributed by atoms with E-state index >= 15 is 0 Å². The first-order valence-corrected chi connectivity index (χ1v) is 6.34. The molecule has 2 heteroatoms. The predicted octanol–water partition coefficient (Wildman–Crippen LogP) is 2.31. The Morgan fingerprint density at radius 3 is 2.69 bits per heavy atom. The second-order valence-corrected chi connectivity index (χ2v) is 6.64. The molecule has 0 spiro atoms. The van der Waals surface area contributed by atoms with Gasteiger partial charge in [-0.1, -0.05) is 30.3 Å². The molecule has 0 aliphatic carbocycles. The van der Waals surface area contributed by atoms with E-state index in [0.29, 0.717) is 6.10 Å². The Labute approximate surface area is 79.9 Å². The van der Waals surface area contributed by atoms with Crippen LogP contribution in [-0.2, 0) is 4.74 Å². The normalized spacial score (nSPS) is 41.6. The zero-order valence-electron chi connectivity index (χ0n) is 7.73. The Bertz CT molecular complexity index is 322. The molecule has 1 aromatic rings. The number of benzene rings is 1. The molecule has 3 atom stereocenters. The van der Waals surface area contributed by atoms with Crippen LogP contribution in [0.3, 0.4) is 0 Å². The summed E-state index contributed by atoms with van der Waals surface area (Å²) >= 11 is 0. The molecule has 0 bridgehead atoms. The highest BCUT2D eigenvalue weighted by Gasteiger charge is 2.61. The number of rotatable bonds is 1. The van der Waals surface area contributed by atoms with Gasteiger partial charge in [-0.2, -0.15) is 0 Å². The van der Waals surface area contributed by atoms with Gasteiger partial charge in [-0.3, -0.25) is 0 Å². The molecule has 13 heavy (non-hydrogen) atoms. The van der Waals surface area contributed by atoms with E-state index in [0.717, 1.165) is 0 Å².